The van der Waals surface area contributed by atoms with Crippen LogP contribution < -0.4 is 10.2 Å². The number of carbonyl (C=O) groups is 1. The van der Waals surface area contributed by atoms with Crippen LogP contribution in [0.2, 0.25) is 0 Å². The average Bonchev–Trinajstić information content (AvgIpc) is 2.56. The van der Waals surface area contributed by atoms with Crippen molar-refractivity contribution in [1.29, 1.82) is 0 Å². The Morgan fingerprint density at radius 1 is 1.13 bits per heavy atom. The molecule has 0 bridgehead atoms. The Kier molecular flexibility index (Phi) is 4.57. The number of rotatable bonds is 3. The van der Waals surface area contributed by atoms with E-state index in [1.165, 1.54) is 0 Å². The first-order valence-corrected chi connectivity index (χ1v) is 7.89. The minimum atomic E-state index is -0.103. The molecule has 5 nitrogen and oxygen atoms in total. The minimum absolute atomic E-state index is 0.103. The van der Waals surface area contributed by atoms with E-state index in [2.05, 4.69) is 27.1 Å². The molecule has 1 aliphatic heterocycles. The van der Waals surface area contributed by atoms with Gasteiger partial charge >= 0.3 is 0 Å². The van der Waals surface area contributed by atoms with Gasteiger partial charge in [0.2, 0.25) is 0 Å². The number of hydrogen-bond donors (Lipinski definition) is 1. The average molecular weight is 310 g/mol. The van der Waals surface area contributed by atoms with Crippen LogP contribution >= 0.6 is 0 Å². The molecule has 2 heterocycles. The maximum Gasteiger partial charge on any atom is 0.255 e. The Balaban J connectivity index is 1.72. The molecule has 0 aliphatic carbocycles. The third-order valence-corrected chi connectivity index (χ3v) is 4.11. The van der Waals surface area contributed by atoms with Crippen LogP contribution in [0.3, 0.4) is 0 Å². The van der Waals surface area contributed by atoms with Crippen LogP contribution in [0.5, 0.6) is 0 Å². The Bertz CT molecular complexity index is 693. The first kappa shape index (κ1) is 15.5. The number of hydrogen-bond acceptors (Lipinski definition) is 4. The van der Waals surface area contributed by atoms with E-state index in [1.54, 1.807) is 12.3 Å². The standard InChI is InChI=1S/C18H22N4O/c1-14-4-3-5-16(12-14)20-18(23)15-6-7-19-17(13-15)22-10-8-21(2)9-11-22/h3-7,12-13H,8-11H2,1-2H3,(H,20,23). The third kappa shape index (κ3) is 3.87. The van der Waals surface area contributed by atoms with Crippen LogP contribution in [-0.4, -0.2) is 49.0 Å². The zero-order chi connectivity index (χ0) is 16.2. The normalized spacial score (nSPS) is 15.5. The van der Waals surface area contributed by atoms with E-state index in [9.17, 15) is 4.79 Å². The second-order valence-corrected chi connectivity index (χ2v) is 6.02. The maximum absolute atomic E-state index is 12.4. The topological polar surface area (TPSA) is 48.5 Å². The third-order valence-electron chi connectivity index (χ3n) is 4.11. The van der Waals surface area contributed by atoms with Crippen molar-refractivity contribution in [3.05, 3.63) is 53.7 Å². The van der Waals surface area contributed by atoms with Gasteiger partial charge in [0, 0.05) is 43.6 Å². The number of nitrogens with one attached hydrogen (secondary N) is 1. The van der Waals surface area contributed by atoms with Crippen molar-refractivity contribution in [2.45, 2.75) is 6.92 Å². The van der Waals surface area contributed by atoms with Crippen LogP contribution in [-0.2, 0) is 0 Å². The van der Waals surface area contributed by atoms with Gasteiger partial charge in [-0.1, -0.05) is 12.1 Å². The predicted octanol–water partition coefficient (Wildman–Crippen LogP) is 2.39. The molecule has 0 spiro atoms. The zero-order valence-corrected chi connectivity index (χ0v) is 13.6. The summed E-state index contributed by atoms with van der Waals surface area (Å²) in [5, 5.41) is 2.94. The highest BCUT2D eigenvalue weighted by molar-refractivity contribution is 6.04. The SMILES string of the molecule is Cc1cccc(NC(=O)c2ccnc(N3CCN(C)CC3)c2)c1. The molecule has 1 aromatic heterocycles. The molecule has 0 atom stereocenters. The number of benzene rings is 1. The van der Waals surface area contributed by atoms with Crippen molar-refractivity contribution in [1.82, 2.24) is 9.88 Å². The molecule has 1 aromatic carbocycles. The molecule has 1 amide bonds. The first-order chi connectivity index (χ1) is 11.1. The lowest BCUT2D eigenvalue weighted by atomic mass is 10.2. The number of likely N-dealkylation sites (N-methyl/N-ethyl adjacent to an activating group) is 1. The molecular formula is C18H22N4O. The molecule has 1 N–H and O–H groups in total. The molecule has 1 fully saturated rings. The number of amides is 1. The van der Waals surface area contributed by atoms with Gasteiger partial charge < -0.3 is 15.1 Å². The fraction of sp³-hybridized carbons (Fsp3) is 0.333. The number of pyridine rings is 1. The summed E-state index contributed by atoms with van der Waals surface area (Å²) in [5.41, 5.74) is 2.57. The Morgan fingerprint density at radius 2 is 1.91 bits per heavy atom. The van der Waals surface area contributed by atoms with Gasteiger partial charge in [-0.3, -0.25) is 4.79 Å². The molecule has 1 aliphatic rings. The summed E-state index contributed by atoms with van der Waals surface area (Å²) in [5.74, 6) is 0.767. The first-order valence-electron chi connectivity index (χ1n) is 7.89. The molecule has 23 heavy (non-hydrogen) atoms. The zero-order valence-electron chi connectivity index (χ0n) is 13.6. The van der Waals surface area contributed by atoms with Gasteiger partial charge in [0.1, 0.15) is 5.82 Å². The summed E-state index contributed by atoms with van der Waals surface area (Å²) in [6.07, 6.45) is 1.71. The van der Waals surface area contributed by atoms with Crippen LogP contribution in [0.25, 0.3) is 0 Å². The van der Waals surface area contributed by atoms with Gasteiger partial charge in [0.05, 0.1) is 0 Å². The van der Waals surface area contributed by atoms with Crippen LogP contribution in [0.15, 0.2) is 42.6 Å². The second-order valence-electron chi connectivity index (χ2n) is 6.02. The summed E-state index contributed by atoms with van der Waals surface area (Å²) in [6, 6.07) is 11.4. The lowest BCUT2D eigenvalue weighted by Gasteiger charge is -2.33. The van der Waals surface area contributed by atoms with Gasteiger partial charge in [0.25, 0.3) is 5.91 Å². The Morgan fingerprint density at radius 3 is 2.65 bits per heavy atom. The van der Waals surface area contributed by atoms with Crippen molar-refractivity contribution >= 4 is 17.4 Å². The Hall–Kier alpha value is -2.40. The lowest BCUT2D eigenvalue weighted by Crippen LogP contribution is -2.44. The van der Waals surface area contributed by atoms with Crippen molar-refractivity contribution in [2.75, 3.05) is 43.4 Å². The summed E-state index contributed by atoms with van der Waals surface area (Å²) in [7, 11) is 2.12. The van der Waals surface area contributed by atoms with E-state index >= 15 is 0 Å². The largest absolute Gasteiger partial charge is 0.354 e. The Labute approximate surface area is 136 Å². The van der Waals surface area contributed by atoms with Crippen LogP contribution in [0, 0.1) is 6.92 Å². The van der Waals surface area contributed by atoms with E-state index in [4.69, 9.17) is 0 Å². The summed E-state index contributed by atoms with van der Waals surface area (Å²) < 4.78 is 0. The quantitative estimate of drug-likeness (QED) is 0.946. The van der Waals surface area contributed by atoms with Crippen molar-refractivity contribution < 1.29 is 4.79 Å². The minimum Gasteiger partial charge on any atom is -0.354 e. The van der Waals surface area contributed by atoms with E-state index < -0.39 is 0 Å². The molecule has 0 saturated carbocycles. The van der Waals surface area contributed by atoms with Gasteiger partial charge in [0.15, 0.2) is 0 Å². The summed E-state index contributed by atoms with van der Waals surface area (Å²) >= 11 is 0. The van der Waals surface area contributed by atoms with E-state index in [0.717, 1.165) is 43.2 Å². The molecule has 120 valence electrons. The molecular weight excluding hydrogens is 288 g/mol. The molecule has 1 saturated heterocycles. The molecule has 2 aromatic rings. The molecule has 5 heteroatoms. The monoisotopic (exact) mass is 310 g/mol. The van der Waals surface area contributed by atoms with E-state index in [1.807, 2.05) is 37.3 Å². The number of piperazine rings is 1. The number of carbonyl (C=O) groups excluding carboxylic acids is 1. The van der Waals surface area contributed by atoms with Gasteiger partial charge in [-0.05, 0) is 43.8 Å². The molecule has 3 rings (SSSR count). The van der Waals surface area contributed by atoms with Crippen LogP contribution in [0.1, 0.15) is 15.9 Å². The summed E-state index contributed by atoms with van der Waals surface area (Å²) in [4.78, 5) is 21.4. The van der Waals surface area contributed by atoms with Crippen molar-refractivity contribution in [3.8, 4) is 0 Å². The maximum atomic E-state index is 12.4. The second kappa shape index (κ2) is 6.79. The van der Waals surface area contributed by atoms with E-state index in [0.29, 0.717) is 5.56 Å². The van der Waals surface area contributed by atoms with E-state index in [-0.39, 0.29) is 5.91 Å². The molecule has 0 radical (unpaired) electrons. The fourth-order valence-electron chi connectivity index (χ4n) is 2.69. The van der Waals surface area contributed by atoms with Crippen molar-refractivity contribution in [3.63, 3.8) is 0 Å². The smallest absolute Gasteiger partial charge is 0.255 e. The highest BCUT2D eigenvalue weighted by Crippen LogP contribution is 2.16. The van der Waals surface area contributed by atoms with Gasteiger partial charge in [-0.25, -0.2) is 4.98 Å². The van der Waals surface area contributed by atoms with Crippen LogP contribution in [0.4, 0.5) is 11.5 Å². The predicted molar refractivity (Wildman–Crippen MR) is 93.1 cm³/mol. The number of aryl methyl sites for hydroxylation is 1. The fourth-order valence-corrected chi connectivity index (χ4v) is 2.69. The van der Waals surface area contributed by atoms with Gasteiger partial charge in [-0.2, -0.15) is 0 Å². The van der Waals surface area contributed by atoms with Crippen molar-refractivity contribution in [2.24, 2.45) is 0 Å². The number of aromatic nitrogens is 1. The molecule has 0 unspecified atom stereocenters. The number of nitrogens with zero attached hydrogens (tertiary/aromatic N) is 3. The summed E-state index contributed by atoms with van der Waals surface area (Å²) in [6.45, 7) is 5.91. The number of anilines is 2. The van der Waals surface area contributed by atoms with Gasteiger partial charge in [-0.15, -0.1) is 0 Å². The highest BCUT2D eigenvalue weighted by atomic mass is 16.1. The lowest BCUT2D eigenvalue weighted by molar-refractivity contribution is 0.102. The highest BCUT2D eigenvalue weighted by Gasteiger charge is 2.16.